The molecule has 1 unspecified atom stereocenters. The fourth-order valence-corrected chi connectivity index (χ4v) is 0.921. The lowest BCUT2D eigenvalue weighted by molar-refractivity contribution is 0.320. The molecule has 60 valence electrons. The third kappa shape index (κ3) is 2.02. The Balaban J connectivity index is 2.77. The van der Waals surface area contributed by atoms with Gasteiger partial charge in [-0.1, -0.05) is 6.07 Å². The second-order valence-corrected chi connectivity index (χ2v) is 2.93. The number of rotatable bonds is 2. The van der Waals surface area contributed by atoms with E-state index in [1.807, 2.05) is 12.3 Å². The van der Waals surface area contributed by atoms with E-state index in [0.29, 0.717) is 6.04 Å². The van der Waals surface area contributed by atoms with E-state index in [1.54, 1.807) is 6.20 Å². The first kappa shape index (κ1) is 8.21. The average molecular weight is 150 g/mol. The first-order valence-corrected chi connectivity index (χ1v) is 3.78. The van der Waals surface area contributed by atoms with Gasteiger partial charge in [0.2, 0.25) is 0 Å². The average Bonchev–Trinajstić information content (AvgIpc) is 2.05. The van der Waals surface area contributed by atoms with E-state index in [1.165, 1.54) is 5.56 Å². The van der Waals surface area contributed by atoms with Crippen LogP contribution in [0.2, 0.25) is 0 Å². The predicted octanol–water partition coefficient (Wildman–Crippen LogP) is 1.70. The zero-order valence-corrected chi connectivity index (χ0v) is 7.28. The van der Waals surface area contributed by atoms with Crippen LogP contribution in [0.3, 0.4) is 0 Å². The molecule has 0 aliphatic carbocycles. The third-order valence-electron chi connectivity index (χ3n) is 1.94. The highest BCUT2D eigenvalue weighted by Gasteiger charge is 2.05. The summed E-state index contributed by atoms with van der Waals surface area (Å²) in [6.07, 6.45) is 3.70. The summed E-state index contributed by atoms with van der Waals surface area (Å²) in [5, 5.41) is 0. The van der Waals surface area contributed by atoms with Gasteiger partial charge < -0.3 is 4.90 Å². The molecule has 0 spiro atoms. The van der Waals surface area contributed by atoms with Crippen molar-refractivity contribution in [2.75, 3.05) is 14.1 Å². The van der Waals surface area contributed by atoms with Crippen LogP contribution in [0.5, 0.6) is 0 Å². The van der Waals surface area contributed by atoms with Crippen LogP contribution in [0.15, 0.2) is 24.5 Å². The predicted molar refractivity (Wildman–Crippen MR) is 46.3 cm³/mol. The minimum Gasteiger partial charge on any atom is -0.303 e. The van der Waals surface area contributed by atoms with Crippen LogP contribution in [0.1, 0.15) is 18.5 Å². The molecule has 11 heavy (non-hydrogen) atoms. The first-order valence-electron chi connectivity index (χ1n) is 3.78. The minimum absolute atomic E-state index is 0.448. The highest BCUT2D eigenvalue weighted by Crippen LogP contribution is 2.14. The monoisotopic (exact) mass is 150 g/mol. The number of hydrogen-bond acceptors (Lipinski definition) is 2. The van der Waals surface area contributed by atoms with Gasteiger partial charge in [0.25, 0.3) is 0 Å². The summed E-state index contributed by atoms with van der Waals surface area (Å²) in [6.45, 7) is 2.16. The van der Waals surface area contributed by atoms with Crippen molar-refractivity contribution in [2.24, 2.45) is 0 Å². The van der Waals surface area contributed by atoms with Gasteiger partial charge in [0.1, 0.15) is 0 Å². The molecule has 0 aliphatic heterocycles. The zero-order valence-electron chi connectivity index (χ0n) is 7.28. The topological polar surface area (TPSA) is 16.1 Å². The summed E-state index contributed by atoms with van der Waals surface area (Å²) in [5.74, 6) is 0. The Morgan fingerprint density at radius 3 is 2.64 bits per heavy atom. The van der Waals surface area contributed by atoms with E-state index in [0.717, 1.165) is 0 Å². The molecule has 0 fully saturated rings. The summed E-state index contributed by atoms with van der Waals surface area (Å²) in [6, 6.07) is 4.51. The quantitative estimate of drug-likeness (QED) is 0.638. The lowest BCUT2D eigenvalue weighted by Crippen LogP contribution is -2.16. The van der Waals surface area contributed by atoms with Crippen LogP contribution in [0.4, 0.5) is 0 Å². The SMILES string of the molecule is CC(c1cccnc1)N(C)C. The Bertz CT molecular complexity index is 206. The number of aromatic nitrogens is 1. The van der Waals surface area contributed by atoms with Crippen molar-refractivity contribution in [3.63, 3.8) is 0 Å². The van der Waals surface area contributed by atoms with Crippen molar-refractivity contribution in [2.45, 2.75) is 13.0 Å². The van der Waals surface area contributed by atoms with Crippen molar-refractivity contribution in [3.05, 3.63) is 30.1 Å². The van der Waals surface area contributed by atoms with Gasteiger partial charge in [-0.05, 0) is 32.6 Å². The van der Waals surface area contributed by atoms with E-state index in [-0.39, 0.29) is 0 Å². The van der Waals surface area contributed by atoms with Crippen LogP contribution in [-0.4, -0.2) is 24.0 Å². The van der Waals surface area contributed by atoms with Gasteiger partial charge in [-0.2, -0.15) is 0 Å². The molecule has 0 bridgehead atoms. The summed E-state index contributed by atoms with van der Waals surface area (Å²) < 4.78 is 0. The maximum Gasteiger partial charge on any atom is 0.0329 e. The van der Waals surface area contributed by atoms with Crippen molar-refractivity contribution in [1.29, 1.82) is 0 Å². The molecule has 1 aromatic heterocycles. The molecule has 1 heterocycles. The van der Waals surface area contributed by atoms with Gasteiger partial charge >= 0.3 is 0 Å². The fraction of sp³-hybridized carbons (Fsp3) is 0.444. The second kappa shape index (κ2) is 3.49. The van der Waals surface area contributed by atoms with Gasteiger partial charge in [-0.15, -0.1) is 0 Å². The molecule has 2 heteroatoms. The Hall–Kier alpha value is -0.890. The van der Waals surface area contributed by atoms with Gasteiger partial charge in [0.15, 0.2) is 0 Å². The van der Waals surface area contributed by atoms with E-state index >= 15 is 0 Å². The van der Waals surface area contributed by atoms with Gasteiger partial charge in [0, 0.05) is 18.4 Å². The highest BCUT2D eigenvalue weighted by molar-refractivity contribution is 5.12. The molecule has 0 N–H and O–H groups in total. The van der Waals surface area contributed by atoms with E-state index in [4.69, 9.17) is 0 Å². The Kier molecular flexibility index (Phi) is 2.60. The van der Waals surface area contributed by atoms with Crippen molar-refractivity contribution < 1.29 is 0 Å². The molecule has 0 amide bonds. The highest BCUT2D eigenvalue weighted by atomic mass is 15.1. The van der Waals surface area contributed by atoms with Crippen molar-refractivity contribution >= 4 is 0 Å². The summed E-state index contributed by atoms with van der Waals surface area (Å²) in [4.78, 5) is 6.23. The molecule has 0 aliphatic rings. The van der Waals surface area contributed by atoms with Crippen LogP contribution in [0.25, 0.3) is 0 Å². The summed E-state index contributed by atoms with van der Waals surface area (Å²) in [5.41, 5.74) is 1.26. The van der Waals surface area contributed by atoms with Crippen LogP contribution < -0.4 is 0 Å². The van der Waals surface area contributed by atoms with E-state index < -0.39 is 0 Å². The van der Waals surface area contributed by atoms with Crippen LogP contribution >= 0.6 is 0 Å². The fourth-order valence-electron chi connectivity index (χ4n) is 0.921. The molecule has 2 nitrogen and oxygen atoms in total. The molecule has 1 rings (SSSR count). The number of pyridine rings is 1. The molecule has 0 aromatic carbocycles. The molecule has 1 atom stereocenters. The Labute approximate surface area is 67.9 Å². The zero-order chi connectivity index (χ0) is 8.27. The van der Waals surface area contributed by atoms with Gasteiger partial charge in [-0.3, -0.25) is 4.98 Å². The Morgan fingerprint density at radius 2 is 2.18 bits per heavy atom. The maximum absolute atomic E-state index is 4.06. The largest absolute Gasteiger partial charge is 0.303 e. The van der Waals surface area contributed by atoms with Crippen molar-refractivity contribution in [1.82, 2.24) is 9.88 Å². The minimum atomic E-state index is 0.448. The standard InChI is InChI=1S/C9H14N2/c1-8(11(2)3)9-5-4-6-10-7-9/h4-8H,1-3H3. The molecular weight excluding hydrogens is 136 g/mol. The Morgan fingerprint density at radius 1 is 1.45 bits per heavy atom. The summed E-state index contributed by atoms with van der Waals surface area (Å²) in [7, 11) is 4.13. The molecule has 1 aromatic rings. The third-order valence-corrected chi connectivity index (χ3v) is 1.94. The second-order valence-electron chi connectivity index (χ2n) is 2.93. The van der Waals surface area contributed by atoms with Crippen molar-refractivity contribution in [3.8, 4) is 0 Å². The van der Waals surface area contributed by atoms with Crippen LogP contribution in [0, 0.1) is 0 Å². The lowest BCUT2D eigenvalue weighted by atomic mass is 10.1. The lowest BCUT2D eigenvalue weighted by Gasteiger charge is -2.19. The maximum atomic E-state index is 4.06. The number of hydrogen-bond donors (Lipinski definition) is 0. The smallest absolute Gasteiger partial charge is 0.0329 e. The number of nitrogens with zero attached hydrogens (tertiary/aromatic N) is 2. The molecule has 0 radical (unpaired) electrons. The summed E-state index contributed by atoms with van der Waals surface area (Å²) >= 11 is 0. The van der Waals surface area contributed by atoms with Crippen LogP contribution in [-0.2, 0) is 0 Å². The molecular formula is C9H14N2. The normalized spacial score (nSPS) is 13.5. The van der Waals surface area contributed by atoms with E-state index in [9.17, 15) is 0 Å². The van der Waals surface area contributed by atoms with Gasteiger partial charge in [-0.25, -0.2) is 0 Å². The van der Waals surface area contributed by atoms with E-state index in [2.05, 4.69) is 37.0 Å². The van der Waals surface area contributed by atoms with Gasteiger partial charge in [0.05, 0.1) is 0 Å². The molecule has 0 saturated carbocycles. The molecule has 0 saturated heterocycles. The first-order chi connectivity index (χ1) is 5.22.